The summed E-state index contributed by atoms with van der Waals surface area (Å²) >= 11 is 0. The number of rotatable bonds is 11. The number of hydrogen-bond donors (Lipinski definition) is 1. The number of hydrogen-bond acceptors (Lipinski definition) is 9. The number of amides is 1. The molecule has 1 amide bonds. The molecule has 10 nitrogen and oxygen atoms in total. The fourth-order valence-electron chi connectivity index (χ4n) is 5.49. The van der Waals surface area contributed by atoms with E-state index in [1.54, 1.807) is 20.1 Å². The molecule has 224 valence electrons. The van der Waals surface area contributed by atoms with Crippen molar-refractivity contribution in [3.05, 3.63) is 36.0 Å². The van der Waals surface area contributed by atoms with Crippen LogP contribution in [0.25, 0.3) is 0 Å². The Kier molecular flexibility index (Phi) is 11.5. The average molecular weight is 564 g/mol. The van der Waals surface area contributed by atoms with Crippen LogP contribution in [-0.4, -0.2) is 86.9 Å². The van der Waals surface area contributed by atoms with Gasteiger partial charge >= 0.3 is 11.9 Å². The van der Waals surface area contributed by atoms with E-state index >= 15 is 0 Å². The largest absolute Gasteiger partial charge is 0.469 e. The molecule has 3 saturated heterocycles. The summed E-state index contributed by atoms with van der Waals surface area (Å²) < 4.78 is 33.8. The predicted molar refractivity (Wildman–Crippen MR) is 147 cm³/mol. The van der Waals surface area contributed by atoms with Gasteiger partial charge in [0.2, 0.25) is 5.91 Å². The molecule has 9 atom stereocenters. The monoisotopic (exact) mass is 563 g/mol. The minimum Gasteiger partial charge on any atom is -0.469 e. The Labute approximate surface area is 237 Å². The third-order valence-electron chi connectivity index (χ3n) is 7.77. The first-order valence-electron chi connectivity index (χ1n) is 14.0. The van der Waals surface area contributed by atoms with Crippen molar-refractivity contribution in [1.82, 2.24) is 5.32 Å². The van der Waals surface area contributed by atoms with Gasteiger partial charge in [0.15, 0.2) is 0 Å². The van der Waals surface area contributed by atoms with E-state index in [4.69, 9.17) is 28.4 Å². The summed E-state index contributed by atoms with van der Waals surface area (Å²) in [7, 11) is 3.03. The molecule has 3 aliphatic rings. The quantitative estimate of drug-likeness (QED) is 0.175. The van der Waals surface area contributed by atoms with Crippen LogP contribution in [0, 0.1) is 5.92 Å². The van der Waals surface area contributed by atoms with Crippen molar-refractivity contribution in [2.24, 2.45) is 5.92 Å². The van der Waals surface area contributed by atoms with Crippen molar-refractivity contribution in [2.75, 3.05) is 20.8 Å². The van der Waals surface area contributed by atoms with Gasteiger partial charge in [0.1, 0.15) is 23.9 Å². The van der Waals surface area contributed by atoms with Crippen molar-refractivity contribution in [3.8, 4) is 0 Å². The van der Waals surface area contributed by atoms with Gasteiger partial charge in [0.25, 0.3) is 0 Å². The standard InChI is InChI=1S/C30H45NO9/c1-18(9-12-26-29(36-7)30(17-37-30)16-23(40-26)15-28(34)35-6)8-11-25-19(2)14-24(21(4)39-25)31-27(33)13-10-20(3)38-22(5)32/h8-10,12-13,19-21,23-26,29H,11,14-17H2,1-7H3,(H,31,33)/b12-9+,13-10-,18-8+/t19-,20-,21+,23+,24+,25-,26+,29+,30+/m0/s1. The first kappa shape index (κ1) is 32.0. The number of carbonyl (C=O) groups is 3. The molecule has 3 aliphatic heterocycles. The van der Waals surface area contributed by atoms with Crippen LogP contribution in [0.5, 0.6) is 0 Å². The maximum Gasteiger partial charge on any atom is 0.308 e. The second-order valence-electron chi connectivity index (χ2n) is 11.1. The van der Waals surface area contributed by atoms with Gasteiger partial charge in [-0.3, -0.25) is 14.4 Å². The number of carbonyl (C=O) groups excluding carboxylic acids is 3. The van der Waals surface area contributed by atoms with Crippen LogP contribution in [0.1, 0.15) is 60.3 Å². The van der Waals surface area contributed by atoms with Crippen molar-refractivity contribution in [2.45, 2.75) is 109 Å². The molecule has 0 bridgehead atoms. The highest BCUT2D eigenvalue weighted by molar-refractivity contribution is 5.87. The van der Waals surface area contributed by atoms with Gasteiger partial charge in [0.05, 0.1) is 44.5 Å². The Hall–Kier alpha value is -2.53. The highest BCUT2D eigenvalue weighted by atomic mass is 16.6. The van der Waals surface area contributed by atoms with Crippen LogP contribution in [-0.2, 0) is 42.8 Å². The molecule has 0 aromatic carbocycles. The fourth-order valence-corrected chi connectivity index (χ4v) is 5.49. The van der Waals surface area contributed by atoms with E-state index in [1.807, 2.05) is 26.0 Å². The van der Waals surface area contributed by atoms with Crippen LogP contribution >= 0.6 is 0 Å². The van der Waals surface area contributed by atoms with Crippen LogP contribution in [0.3, 0.4) is 0 Å². The van der Waals surface area contributed by atoms with Crippen LogP contribution in [0.15, 0.2) is 36.0 Å². The SMILES string of the molecule is COC(=O)C[C@@H]1C[C@@]2(CO2)[C@H](OC)[C@@H](/C=C/C(C)=C/C[C@@H]2O[C@H](C)[C@H](NC(=O)/C=C\[C@H](C)OC(C)=O)C[C@@H]2C)O1. The van der Waals surface area contributed by atoms with Crippen LogP contribution < -0.4 is 5.32 Å². The van der Waals surface area contributed by atoms with E-state index in [2.05, 4.69) is 18.3 Å². The third kappa shape index (κ3) is 8.99. The number of esters is 2. The zero-order valence-electron chi connectivity index (χ0n) is 24.7. The first-order chi connectivity index (χ1) is 19.0. The molecule has 3 fully saturated rings. The molecular weight excluding hydrogens is 518 g/mol. The molecule has 10 heteroatoms. The summed E-state index contributed by atoms with van der Waals surface area (Å²) in [6.45, 7) is 9.75. The normalized spacial score (nSPS) is 35.1. The predicted octanol–water partition coefficient (Wildman–Crippen LogP) is 3.19. The number of ether oxygens (including phenoxy) is 6. The summed E-state index contributed by atoms with van der Waals surface area (Å²) in [6.07, 6.45) is 9.91. The van der Waals surface area contributed by atoms with Gasteiger partial charge in [-0.2, -0.15) is 0 Å². The zero-order valence-corrected chi connectivity index (χ0v) is 24.7. The lowest BCUT2D eigenvalue weighted by Crippen LogP contribution is -2.51. The molecule has 3 rings (SSSR count). The molecule has 40 heavy (non-hydrogen) atoms. The molecule has 1 spiro atoms. The lowest BCUT2D eigenvalue weighted by atomic mass is 9.87. The zero-order chi connectivity index (χ0) is 29.4. The minimum absolute atomic E-state index is 0.0243. The number of allylic oxidation sites excluding steroid dienone is 2. The lowest BCUT2D eigenvalue weighted by Gasteiger charge is -2.39. The first-order valence-corrected chi connectivity index (χ1v) is 14.0. The van der Waals surface area contributed by atoms with Crippen molar-refractivity contribution >= 4 is 17.8 Å². The number of epoxide rings is 1. The van der Waals surface area contributed by atoms with E-state index in [9.17, 15) is 14.4 Å². The van der Waals surface area contributed by atoms with Gasteiger partial charge in [0, 0.05) is 26.5 Å². The van der Waals surface area contributed by atoms with E-state index in [0.717, 1.165) is 18.4 Å². The Balaban J connectivity index is 1.52. The number of methoxy groups -OCH3 is 2. The van der Waals surface area contributed by atoms with E-state index < -0.39 is 17.7 Å². The molecule has 0 aliphatic carbocycles. The number of nitrogens with one attached hydrogen (secondary N) is 1. The summed E-state index contributed by atoms with van der Waals surface area (Å²) in [6, 6.07) is -0.110. The topological polar surface area (TPSA) is 122 Å². The molecular formula is C30H45NO9. The van der Waals surface area contributed by atoms with E-state index in [-0.39, 0.29) is 60.8 Å². The Morgan fingerprint density at radius 3 is 2.48 bits per heavy atom. The third-order valence-corrected chi connectivity index (χ3v) is 7.77. The Morgan fingerprint density at radius 2 is 1.85 bits per heavy atom. The summed E-state index contributed by atoms with van der Waals surface area (Å²) in [5, 5.41) is 3.01. The van der Waals surface area contributed by atoms with E-state index in [1.165, 1.54) is 20.1 Å². The Morgan fingerprint density at radius 1 is 1.12 bits per heavy atom. The minimum atomic E-state index is -0.467. The Bertz CT molecular complexity index is 986. The van der Waals surface area contributed by atoms with Gasteiger partial charge in [-0.1, -0.05) is 30.7 Å². The molecule has 3 heterocycles. The summed E-state index contributed by atoms with van der Waals surface area (Å²) in [5.41, 5.74) is 0.646. The van der Waals surface area contributed by atoms with Gasteiger partial charge < -0.3 is 33.7 Å². The second kappa shape index (κ2) is 14.4. The average Bonchev–Trinajstić information content (AvgIpc) is 3.65. The summed E-state index contributed by atoms with van der Waals surface area (Å²) in [4.78, 5) is 35.2. The maximum atomic E-state index is 12.4. The molecule has 0 unspecified atom stereocenters. The fraction of sp³-hybridized carbons (Fsp3) is 0.700. The smallest absolute Gasteiger partial charge is 0.308 e. The molecule has 0 aromatic rings. The highest BCUT2D eigenvalue weighted by Gasteiger charge is 2.59. The molecule has 0 saturated carbocycles. The van der Waals surface area contributed by atoms with Crippen molar-refractivity contribution in [1.29, 1.82) is 0 Å². The maximum absolute atomic E-state index is 12.4. The molecule has 0 radical (unpaired) electrons. The summed E-state index contributed by atoms with van der Waals surface area (Å²) in [5.74, 6) is -0.696. The van der Waals surface area contributed by atoms with E-state index in [0.29, 0.717) is 13.0 Å². The molecule has 0 aromatic heterocycles. The molecule has 1 N–H and O–H groups in total. The van der Waals surface area contributed by atoms with Gasteiger partial charge in [-0.05, 0) is 45.6 Å². The second-order valence-corrected chi connectivity index (χ2v) is 11.1. The van der Waals surface area contributed by atoms with Crippen LogP contribution in [0.4, 0.5) is 0 Å². The van der Waals surface area contributed by atoms with Crippen molar-refractivity contribution < 1.29 is 42.8 Å². The highest BCUT2D eigenvalue weighted by Crippen LogP contribution is 2.44. The van der Waals surface area contributed by atoms with Gasteiger partial charge in [-0.25, -0.2) is 0 Å². The van der Waals surface area contributed by atoms with Crippen molar-refractivity contribution in [3.63, 3.8) is 0 Å². The van der Waals surface area contributed by atoms with Gasteiger partial charge in [-0.15, -0.1) is 0 Å². The van der Waals surface area contributed by atoms with Crippen LogP contribution in [0.2, 0.25) is 0 Å². The lowest BCUT2D eigenvalue weighted by molar-refractivity contribution is -0.162.